The lowest BCUT2D eigenvalue weighted by molar-refractivity contribution is -0.385. The second kappa shape index (κ2) is 9.37. The number of ether oxygens (including phenoxy) is 2. The van der Waals surface area contributed by atoms with Crippen LogP contribution in [0.25, 0.3) is 5.69 Å². The van der Waals surface area contributed by atoms with Crippen molar-refractivity contribution in [3.63, 3.8) is 0 Å². The van der Waals surface area contributed by atoms with Gasteiger partial charge in [0.25, 0.3) is 5.91 Å². The van der Waals surface area contributed by atoms with Crippen LogP contribution in [0.5, 0.6) is 11.5 Å². The molecule has 1 N–H and O–H groups in total. The third kappa shape index (κ3) is 4.82. The second-order valence-electron chi connectivity index (χ2n) is 6.24. The number of hydrogen-bond acceptors (Lipinski definition) is 6. The van der Waals surface area contributed by atoms with Crippen molar-refractivity contribution in [2.24, 2.45) is 5.10 Å². The van der Waals surface area contributed by atoms with Crippen molar-refractivity contribution in [2.75, 3.05) is 13.7 Å². The number of amides is 1. The summed E-state index contributed by atoms with van der Waals surface area (Å²) in [5, 5.41) is 14.9. The Balaban J connectivity index is 1.63. The number of aromatic nitrogens is 1. The number of carbonyl (C=O) groups is 1. The lowest BCUT2D eigenvalue weighted by Gasteiger charge is -2.10. The number of rotatable bonds is 8. The molecule has 0 saturated heterocycles. The summed E-state index contributed by atoms with van der Waals surface area (Å²) in [5.41, 5.74) is 4.83. The Labute approximate surface area is 172 Å². The highest BCUT2D eigenvalue weighted by atomic mass is 16.6. The number of nitrogens with zero attached hydrogens (tertiary/aromatic N) is 3. The molecule has 3 rings (SSSR count). The van der Waals surface area contributed by atoms with E-state index in [1.54, 1.807) is 13.2 Å². The molecular formula is C21H20N4O5. The van der Waals surface area contributed by atoms with Crippen LogP contribution >= 0.6 is 0 Å². The minimum atomic E-state index is -0.568. The maximum Gasteiger partial charge on any atom is 0.310 e. The van der Waals surface area contributed by atoms with Gasteiger partial charge in [0, 0.05) is 17.4 Å². The van der Waals surface area contributed by atoms with Crippen molar-refractivity contribution in [2.45, 2.75) is 6.92 Å². The number of methoxy groups -OCH3 is 1. The highest BCUT2D eigenvalue weighted by molar-refractivity contribution is 5.82. The summed E-state index contributed by atoms with van der Waals surface area (Å²) in [4.78, 5) is 22.4. The van der Waals surface area contributed by atoms with E-state index in [-0.39, 0.29) is 11.4 Å². The average molecular weight is 408 g/mol. The fourth-order valence-corrected chi connectivity index (χ4v) is 2.82. The molecule has 30 heavy (non-hydrogen) atoms. The van der Waals surface area contributed by atoms with Crippen LogP contribution in [0.1, 0.15) is 11.4 Å². The van der Waals surface area contributed by atoms with Gasteiger partial charge in [0.2, 0.25) is 0 Å². The van der Waals surface area contributed by atoms with Gasteiger partial charge in [0.1, 0.15) is 5.75 Å². The van der Waals surface area contributed by atoms with Crippen LogP contribution in [-0.4, -0.2) is 35.3 Å². The number of nitrogens with one attached hydrogen (secondary N) is 1. The molecule has 0 radical (unpaired) electrons. The van der Waals surface area contributed by atoms with E-state index in [1.807, 2.05) is 47.9 Å². The van der Waals surface area contributed by atoms with E-state index >= 15 is 0 Å². The maximum atomic E-state index is 12.0. The summed E-state index contributed by atoms with van der Waals surface area (Å²) < 4.78 is 12.4. The van der Waals surface area contributed by atoms with Crippen molar-refractivity contribution in [1.82, 2.24) is 9.99 Å². The number of nitro groups is 1. The molecule has 0 saturated carbocycles. The summed E-state index contributed by atoms with van der Waals surface area (Å²) in [5.74, 6) is 0.235. The third-order valence-electron chi connectivity index (χ3n) is 4.24. The van der Waals surface area contributed by atoms with Gasteiger partial charge >= 0.3 is 5.69 Å². The van der Waals surface area contributed by atoms with Gasteiger partial charge in [-0.25, -0.2) is 5.43 Å². The van der Waals surface area contributed by atoms with E-state index in [2.05, 4.69) is 10.5 Å². The van der Waals surface area contributed by atoms with Crippen LogP contribution in [0.4, 0.5) is 5.69 Å². The highest BCUT2D eigenvalue weighted by Gasteiger charge is 2.14. The first-order valence-electron chi connectivity index (χ1n) is 9.00. The Hall–Kier alpha value is -4.14. The molecule has 2 aromatic carbocycles. The van der Waals surface area contributed by atoms with Crippen molar-refractivity contribution in [3.05, 3.63) is 82.2 Å². The van der Waals surface area contributed by atoms with Gasteiger partial charge in [-0.15, -0.1) is 0 Å². The molecule has 1 aromatic heterocycles. The van der Waals surface area contributed by atoms with Crippen LogP contribution in [0, 0.1) is 17.0 Å². The lowest BCUT2D eigenvalue weighted by Crippen LogP contribution is -2.24. The van der Waals surface area contributed by atoms with Crippen LogP contribution in [0.15, 0.2) is 65.8 Å². The number of hydrazone groups is 1. The Bertz CT molecular complexity index is 1070. The first kappa shape index (κ1) is 20.6. The summed E-state index contributed by atoms with van der Waals surface area (Å²) in [6.45, 7) is 1.56. The summed E-state index contributed by atoms with van der Waals surface area (Å²) in [6, 6.07) is 17.2. The predicted octanol–water partition coefficient (Wildman–Crippen LogP) is 3.23. The topological polar surface area (TPSA) is 108 Å². The molecule has 9 heteroatoms. The highest BCUT2D eigenvalue weighted by Crippen LogP contribution is 2.25. The van der Waals surface area contributed by atoms with E-state index in [0.717, 1.165) is 22.8 Å². The number of para-hydroxylation sites is 2. The Morgan fingerprint density at radius 2 is 1.90 bits per heavy atom. The normalized spacial score (nSPS) is 10.7. The van der Waals surface area contributed by atoms with Gasteiger partial charge in [-0.2, -0.15) is 5.10 Å². The number of hydrogen-bond donors (Lipinski definition) is 1. The third-order valence-corrected chi connectivity index (χ3v) is 4.24. The molecule has 154 valence electrons. The number of nitro benzene ring substituents is 1. The van der Waals surface area contributed by atoms with Crippen LogP contribution < -0.4 is 14.9 Å². The number of aryl methyl sites for hydroxylation is 1. The first-order chi connectivity index (χ1) is 14.5. The molecule has 0 aliphatic rings. The number of carbonyl (C=O) groups excluding carboxylic acids is 1. The largest absolute Gasteiger partial charge is 0.497 e. The van der Waals surface area contributed by atoms with Crippen molar-refractivity contribution in [3.8, 4) is 17.2 Å². The molecular weight excluding hydrogens is 388 g/mol. The SMILES string of the molecule is COc1ccc(-n2c(C)ccc2/C=N\NC(=O)COc2ccccc2[N+](=O)[O-])cc1. The minimum absolute atomic E-state index is 0.0191. The quantitative estimate of drug-likeness (QED) is 0.350. The molecule has 9 nitrogen and oxygen atoms in total. The standard InChI is InChI=1S/C21H20N4O5/c1-15-7-8-17(24(15)16-9-11-18(29-2)12-10-16)13-22-23-21(26)14-30-20-6-4-3-5-19(20)25(27)28/h3-13H,14H2,1-2H3,(H,23,26)/b22-13-. The number of benzene rings is 2. The Kier molecular flexibility index (Phi) is 6.43. The van der Waals surface area contributed by atoms with Crippen LogP contribution in [0.2, 0.25) is 0 Å². The second-order valence-corrected chi connectivity index (χ2v) is 6.24. The lowest BCUT2D eigenvalue weighted by atomic mass is 10.3. The molecule has 0 aliphatic heterocycles. The van der Waals surface area contributed by atoms with Gasteiger partial charge in [-0.3, -0.25) is 14.9 Å². The molecule has 0 unspecified atom stereocenters. The van der Waals surface area contributed by atoms with E-state index in [1.165, 1.54) is 24.4 Å². The molecule has 3 aromatic rings. The molecule has 0 aliphatic carbocycles. The van der Waals surface area contributed by atoms with Gasteiger partial charge in [0.05, 0.1) is 23.9 Å². The molecule has 1 amide bonds. The van der Waals surface area contributed by atoms with Crippen molar-refractivity contribution >= 4 is 17.8 Å². The van der Waals surface area contributed by atoms with Crippen LogP contribution in [-0.2, 0) is 4.79 Å². The zero-order valence-electron chi connectivity index (χ0n) is 16.4. The zero-order chi connectivity index (χ0) is 21.5. The van der Waals surface area contributed by atoms with Gasteiger partial charge in [-0.05, 0) is 49.4 Å². The van der Waals surface area contributed by atoms with Gasteiger partial charge in [0.15, 0.2) is 12.4 Å². The summed E-state index contributed by atoms with van der Waals surface area (Å²) in [6.07, 6.45) is 1.51. The molecule has 0 fully saturated rings. The monoisotopic (exact) mass is 408 g/mol. The zero-order valence-corrected chi connectivity index (χ0v) is 16.4. The van der Waals surface area contributed by atoms with Crippen molar-refractivity contribution < 1.29 is 19.2 Å². The van der Waals surface area contributed by atoms with E-state index < -0.39 is 17.4 Å². The van der Waals surface area contributed by atoms with Crippen molar-refractivity contribution in [1.29, 1.82) is 0 Å². The Morgan fingerprint density at radius 3 is 2.60 bits per heavy atom. The van der Waals surface area contributed by atoms with Gasteiger partial charge in [-0.1, -0.05) is 12.1 Å². The van der Waals surface area contributed by atoms with E-state index in [9.17, 15) is 14.9 Å². The van der Waals surface area contributed by atoms with Crippen LogP contribution in [0.3, 0.4) is 0 Å². The molecule has 0 bridgehead atoms. The van der Waals surface area contributed by atoms with Gasteiger partial charge < -0.3 is 14.0 Å². The summed E-state index contributed by atoms with van der Waals surface area (Å²) >= 11 is 0. The van der Waals surface area contributed by atoms with E-state index in [4.69, 9.17) is 9.47 Å². The fraction of sp³-hybridized carbons (Fsp3) is 0.143. The molecule has 1 heterocycles. The predicted molar refractivity (Wildman–Crippen MR) is 111 cm³/mol. The molecule has 0 atom stereocenters. The first-order valence-corrected chi connectivity index (χ1v) is 9.00. The summed E-state index contributed by atoms with van der Waals surface area (Å²) in [7, 11) is 1.61. The average Bonchev–Trinajstić information content (AvgIpc) is 3.12. The minimum Gasteiger partial charge on any atom is -0.497 e. The fourth-order valence-electron chi connectivity index (χ4n) is 2.82. The molecule has 0 spiro atoms. The smallest absolute Gasteiger partial charge is 0.310 e. The van der Waals surface area contributed by atoms with E-state index in [0.29, 0.717) is 0 Å². The Morgan fingerprint density at radius 1 is 1.17 bits per heavy atom. The maximum absolute atomic E-state index is 12.0.